The van der Waals surface area contributed by atoms with Crippen molar-refractivity contribution in [2.75, 3.05) is 27.2 Å². The standard InChI is InChI=1S/C26H25N7O/c1-32(2)16-15-28-26(34)20-10-8-18(9-11-20)22-12-13-23-25(29-22)33(31-30-23)17-21-6-3-5-19-7-4-14-27-24(19)21/h3-14H,15-17H2,1-2H3,(H,28,34). The number of hydrogen-bond acceptors (Lipinski definition) is 6. The molecule has 0 saturated carbocycles. The first-order chi connectivity index (χ1) is 16.6. The smallest absolute Gasteiger partial charge is 0.251 e. The van der Waals surface area contributed by atoms with Crippen molar-refractivity contribution in [3.63, 3.8) is 0 Å². The van der Waals surface area contributed by atoms with Gasteiger partial charge in [-0.1, -0.05) is 41.6 Å². The van der Waals surface area contributed by atoms with Crippen molar-refractivity contribution in [3.8, 4) is 11.3 Å². The van der Waals surface area contributed by atoms with Gasteiger partial charge in [-0.25, -0.2) is 9.67 Å². The fourth-order valence-corrected chi connectivity index (χ4v) is 3.86. The van der Waals surface area contributed by atoms with Crippen molar-refractivity contribution in [2.24, 2.45) is 0 Å². The Hall–Kier alpha value is -4.17. The molecule has 5 aromatic rings. The van der Waals surface area contributed by atoms with Gasteiger partial charge in [0.25, 0.3) is 5.91 Å². The molecule has 0 atom stereocenters. The number of likely N-dealkylation sites (N-methyl/N-ethyl adjacent to an activating group) is 1. The number of carbonyl (C=O) groups excluding carboxylic acids is 1. The van der Waals surface area contributed by atoms with Gasteiger partial charge >= 0.3 is 0 Å². The minimum absolute atomic E-state index is 0.0808. The SMILES string of the molecule is CN(C)CCNC(=O)c1ccc(-c2ccc3nnn(Cc4cccc5cccnc45)c3n2)cc1. The largest absolute Gasteiger partial charge is 0.351 e. The van der Waals surface area contributed by atoms with E-state index in [1.807, 2.05) is 79.7 Å². The predicted octanol–water partition coefficient (Wildman–Crippen LogP) is 3.38. The summed E-state index contributed by atoms with van der Waals surface area (Å²) < 4.78 is 1.80. The second kappa shape index (κ2) is 9.36. The molecule has 0 aliphatic carbocycles. The Morgan fingerprint density at radius 1 is 1.00 bits per heavy atom. The first-order valence-electron chi connectivity index (χ1n) is 11.1. The molecule has 0 fully saturated rings. The van der Waals surface area contributed by atoms with E-state index in [1.54, 1.807) is 10.9 Å². The Bertz CT molecular complexity index is 1450. The van der Waals surface area contributed by atoms with Gasteiger partial charge in [-0.15, -0.1) is 5.10 Å². The van der Waals surface area contributed by atoms with Crippen LogP contribution in [0.5, 0.6) is 0 Å². The number of nitrogens with zero attached hydrogens (tertiary/aromatic N) is 6. The third kappa shape index (κ3) is 4.49. The number of carbonyl (C=O) groups is 1. The van der Waals surface area contributed by atoms with Crippen LogP contribution in [0.25, 0.3) is 33.3 Å². The molecule has 170 valence electrons. The number of pyridine rings is 2. The van der Waals surface area contributed by atoms with Crippen LogP contribution in [0.15, 0.2) is 72.9 Å². The van der Waals surface area contributed by atoms with E-state index < -0.39 is 0 Å². The van der Waals surface area contributed by atoms with Gasteiger partial charge in [0.2, 0.25) is 0 Å². The molecule has 0 aliphatic rings. The highest BCUT2D eigenvalue weighted by Gasteiger charge is 2.12. The number of amides is 1. The lowest BCUT2D eigenvalue weighted by Crippen LogP contribution is -2.31. The summed E-state index contributed by atoms with van der Waals surface area (Å²) in [5, 5.41) is 12.6. The lowest BCUT2D eigenvalue weighted by atomic mass is 10.1. The molecule has 0 bridgehead atoms. The summed E-state index contributed by atoms with van der Waals surface area (Å²) in [5.41, 5.74) is 5.78. The van der Waals surface area contributed by atoms with Crippen molar-refractivity contribution < 1.29 is 4.79 Å². The summed E-state index contributed by atoms with van der Waals surface area (Å²) in [4.78, 5) is 23.8. The summed E-state index contributed by atoms with van der Waals surface area (Å²) in [6, 6.07) is 21.4. The molecule has 34 heavy (non-hydrogen) atoms. The Morgan fingerprint density at radius 3 is 2.65 bits per heavy atom. The van der Waals surface area contributed by atoms with E-state index in [9.17, 15) is 4.79 Å². The summed E-state index contributed by atoms with van der Waals surface area (Å²) >= 11 is 0. The van der Waals surface area contributed by atoms with Crippen LogP contribution in [0.4, 0.5) is 0 Å². The minimum Gasteiger partial charge on any atom is -0.351 e. The zero-order valence-corrected chi connectivity index (χ0v) is 19.1. The molecule has 2 aromatic carbocycles. The Morgan fingerprint density at radius 2 is 1.82 bits per heavy atom. The van der Waals surface area contributed by atoms with Crippen molar-refractivity contribution in [1.29, 1.82) is 0 Å². The molecule has 8 nitrogen and oxygen atoms in total. The van der Waals surface area contributed by atoms with Crippen LogP contribution in [0.3, 0.4) is 0 Å². The van der Waals surface area contributed by atoms with E-state index in [-0.39, 0.29) is 5.91 Å². The van der Waals surface area contributed by atoms with E-state index in [0.29, 0.717) is 24.3 Å². The lowest BCUT2D eigenvalue weighted by Gasteiger charge is -2.10. The van der Waals surface area contributed by atoms with Gasteiger partial charge in [-0.05, 0) is 50.0 Å². The summed E-state index contributed by atoms with van der Waals surface area (Å²) in [6.45, 7) is 1.92. The van der Waals surface area contributed by atoms with Crippen molar-refractivity contribution in [1.82, 2.24) is 35.2 Å². The quantitative estimate of drug-likeness (QED) is 0.408. The molecule has 5 rings (SSSR count). The minimum atomic E-state index is -0.0808. The lowest BCUT2D eigenvalue weighted by molar-refractivity contribution is 0.0951. The van der Waals surface area contributed by atoms with Gasteiger partial charge < -0.3 is 10.2 Å². The molecule has 0 spiro atoms. The summed E-state index contributed by atoms with van der Waals surface area (Å²) in [6.07, 6.45) is 1.80. The number of benzene rings is 2. The molecule has 0 saturated heterocycles. The molecular formula is C26H25N7O. The average molecular weight is 452 g/mol. The molecule has 0 unspecified atom stereocenters. The third-order valence-corrected chi connectivity index (χ3v) is 5.68. The van der Waals surface area contributed by atoms with Crippen LogP contribution >= 0.6 is 0 Å². The maximum absolute atomic E-state index is 12.4. The molecule has 0 aliphatic heterocycles. The molecule has 3 aromatic heterocycles. The number of nitrogens with one attached hydrogen (secondary N) is 1. The third-order valence-electron chi connectivity index (χ3n) is 5.68. The van der Waals surface area contributed by atoms with E-state index in [4.69, 9.17) is 4.98 Å². The van der Waals surface area contributed by atoms with Crippen LogP contribution < -0.4 is 5.32 Å². The molecule has 8 heteroatoms. The summed E-state index contributed by atoms with van der Waals surface area (Å²) in [7, 11) is 3.95. The fourth-order valence-electron chi connectivity index (χ4n) is 3.86. The Kier molecular flexibility index (Phi) is 5.97. The van der Waals surface area contributed by atoms with Crippen molar-refractivity contribution in [2.45, 2.75) is 6.54 Å². The first-order valence-corrected chi connectivity index (χ1v) is 11.1. The maximum atomic E-state index is 12.4. The van der Waals surface area contributed by atoms with Crippen molar-refractivity contribution >= 4 is 28.0 Å². The van der Waals surface area contributed by atoms with E-state index in [1.165, 1.54) is 0 Å². The van der Waals surface area contributed by atoms with Crippen molar-refractivity contribution in [3.05, 3.63) is 84.1 Å². The molecule has 1 N–H and O–H groups in total. The second-order valence-corrected chi connectivity index (χ2v) is 8.42. The highest BCUT2D eigenvalue weighted by molar-refractivity contribution is 5.94. The zero-order chi connectivity index (χ0) is 23.5. The van der Waals surface area contributed by atoms with E-state index in [2.05, 4.69) is 26.7 Å². The van der Waals surface area contributed by atoms with Gasteiger partial charge in [0.15, 0.2) is 5.65 Å². The van der Waals surface area contributed by atoms with E-state index >= 15 is 0 Å². The highest BCUT2D eigenvalue weighted by atomic mass is 16.1. The van der Waals surface area contributed by atoms with Crippen LogP contribution in [0.2, 0.25) is 0 Å². The molecular weight excluding hydrogens is 426 g/mol. The normalized spacial score (nSPS) is 11.4. The maximum Gasteiger partial charge on any atom is 0.251 e. The second-order valence-electron chi connectivity index (χ2n) is 8.42. The Balaban J connectivity index is 1.39. The molecule has 1 amide bonds. The number of para-hydroxylation sites is 1. The average Bonchev–Trinajstić information content (AvgIpc) is 3.26. The van der Waals surface area contributed by atoms with E-state index in [0.717, 1.165) is 39.8 Å². The Labute approximate surface area is 197 Å². The monoisotopic (exact) mass is 451 g/mol. The van der Waals surface area contributed by atoms with Gasteiger partial charge in [-0.3, -0.25) is 9.78 Å². The highest BCUT2D eigenvalue weighted by Crippen LogP contribution is 2.22. The van der Waals surface area contributed by atoms with Gasteiger partial charge in [0.05, 0.1) is 17.8 Å². The predicted molar refractivity (Wildman–Crippen MR) is 132 cm³/mol. The topological polar surface area (TPSA) is 88.8 Å². The summed E-state index contributed by atoms with van der Waals surface area (Å²) in [5.74, 6) is -0.0808. The first kappa shape index (κ1) is 21.7. The molecule has 3 heterocycles. The number of rotatable bonds is 7. The van der Waals surface area contributed by atoms with Gasteiger partial charge in [-0.2, -0.15) is 0 Å². The van der Waals surface area contributed by atoms with Gasteiger partial charge in [0.1, 0.15) is 5.52 Å². The number of aromatic nitrogens is 5. The van der Waals surface area contributed by atoms with Crippen LogP contribution in [0, 0.1) is 0 Å². The van der Waals surface area contributed by atoms with Crippen LogP contribution in [-0.4, -0.2) is 63.0 Å². The number of hydrogen-bond donors (Lipinski definition) is 1. The fraction of sp³-hybridized carbons (Fsp3) is 0.192. The molecule has 0 radical (unpaired) electrons. The van der Waals surface area contributed by atoms with Gasteiger partial charge in [0, 0.05) is 35.8 Å². The van der Waals surface area contributed by atoms with Crippen LogP contribution in [-0.2, 0) is 6.54 Å². The zero-order valence-electron chi connectivity index (χ0n) is 19.1. The van der Waals surface area contributed by atoms with Crippen LogP contribution in [0.1, 0.15) is 15.9 Å². The number of fused-ring (bicyclic) bond motifs is 2.